The number of hydrogen-bond acceptors (Lipinski definition) is 6. The number of aryl methyl sites for hydroxylation is 1. The maximum absolute atomic E-state index is 5.97. The molecule has 4 rings (SSSR count). The number of ether oxygens (including phenoxy) is 1. The minimum absolute atomic E-state index is 0.140. The van der Waals surface area contributed by atoms with Crippen molar-refractivity contribution >= 4 is 39.0 Å². The summed E-state index contributed by atoms with van der Waals surface area (Å²) in [7, 11) is 0. The summed E-state index contributed by atoms with van der Waals surface area (Å²) in [4.78, 5) is 7.27. The Morgan fingerprint density at radius 3 is 2.83 bits per heavy atom. The average Bonchev–Trinajstić information content (AvgIpc) is 2.98. The fourth-order valence-corrected chi connectivity index (χ4v) is 5.07. The van der Waals surface area contributed by atoms with E-state index < -0.39 is 0 Å². The molecule has 0 bridgehead atoms. The van der Waals surface area contributed by atoms with Gasteiger partial charge in [-0.25, -0.2) is 4.98 Å². The highest BCUT2D eigenvalue weighted by atomic mass is 32.2. The Balaban J connectivity index is 2.04. The van der Waals surface area contributed by atoms with Crippen LogP contribution in [0.15, 0.2) is 5.16 Å². The fraction of sp³-hybridized carbons (Fsp3) is 0.562. The van der Waals surface area contributed by atoms with Crippen molar-refractivity contribution in [3.8, 4) is 0 Å². The Morgan fingerprint density at radius 1 is 1.30 bits per heavy atom. The Hall–Kier alpha value is -1.18. The molecule has 3 aromatic rings. The highest BCUT2D eigenvalue weighted by Gasteiger charge is 2.31. The van der Waals surface area contributed by atoms with Gasteiger partial charge in [0.25, 0.3) is 0 Å². The van der Waals surface area contributed by atoms with Crippen LogP contribution in [0, 0.1) is 6.92 Å². The van der Waals surface area contributed by atoms with Crippen LogP contribution in [0.2, 0.25) is 0 Å². The van der Waals surface area contributed by atoms with Crippen LogP contribution in [-0.4, -0.2) is 30.4 Å². The van der Waals surface area contributed by atoms with E-state index in [2.05, 4.69) is 42.3 Å². The highest BCUT2D eigenvalue weighted by Crippen LogP contribution is 2.41. The van der Waals surface area contributed by atoms with Crippen molar-refractivity contribution in [2.45, 2.75) is 63.7 Å². The van der Waals surface area contributed by atoms with E-state index in [4.69, 9.17) is 9.72 Å². The molecular formula is C16H20N4OS2. The molecule has 1 aliphatic rings. The predicted octanol–water partition coefficient (Wildman–Crippen LogP) is 4.00. The van der Waals surface area contributed by atoms with E-state index in [0.717, 1.165) is 33.3 Å². The first kappa shape index (κ1) is 15.4. The number of fused-ring (bicyclic) bond motifs is 5. The van der Waals surface area contributed by atoms with E-state index in [1.54, 1.807) is 23.1 Å². The Bertz CT molecular complexity index is 910. The summed E-state index contributed by atoms with van der Waals surface area (Å²) in [6.07, 6.45) is 0.891. The van der Waals surface area contributed by atoms with E-state index in [1.165, 1.54) is 10.4 Å². The topological polar surface area (TPSA) is 52.3 Å². The van der Waals surface area contributed by atoms with E-state index in [1.807, 2.05) is 6.92 Å². The number of thioether (sulfide) groups is 1. The van der Waals surface area contributed by atoms with E-state index >= 15 is 0 Å². The summed E-state index contributed by atoms with van der Waals surface area (Å²) in [5.74, 6) is 0.892. The molecule has 1 aliphatic heterocycles. The number of nitrogens with zero attached hydrogens (tertiary/aromatic N) is 4. The van der Waals surface area contributed by atoms with Gasteiger partial charge in [-0.15, -0.1) is 21.5 Å². The minimum atomic E-state index is -0.140. The molecule has 0 atom stereocenters. The number of hydrogen-bond donors (Lipinski definition) is 0. The molecule has 0 N–H and O–H groups in total. The van der Waals surface area contributed by atoms with Gasteiger partial charge in [0, 0.05) is 16.5 Å². The van der Waals surface area contributed by atoms with Crippen molar-refractivity contribution < 1.29 is 4.74 Å². The molecule has 0 saturated heterocycles. The monoisotopic (exact) mass is 348 g/mol. The highest BCUT2D eigenvalue weighted by molar-refractivity contribution is 7.99. The zero-order valence-corrected chi connectivity index (χ0v) is 15.6. The predicted molar refractivity (Wildman–Crippen MR) is 94.5 cm³/mol. The molecule has 0 spiro atoms. The summed E-state index contributed by atoms with van der Waals surface area (Å²) in [6.45, 7) is 11.3. The van der Waals surface area contributed by atoms with Gasteiger partial charge in [-0.1, -0.05) is 25.6 Å². The molecule has 3 aromatic heterocycles. The second kappa shape index (κ2) is 5.16. The molecule has 0 aliphatic carbocycles. The van der Waals surface area contributed by atoms with Gasteiger partial charge in [-0.05, 0) is 26.3 Å². The van der Waals surface area contributed by atoms with Crippen LogP contribution in [0.4, 0.5) is 0 Å². The van der Waals surface area contributed by atoms with Gasteiger partial charge in [0.15, 0.2) is 10.8 Å². The third kappa shape index (κ3) is 2.45. The van der Waals surface area contributed by atoms with Gasteiger partial charge in [0.05, 0.1) is 17.6 Å². The van der Waals surface area contributed by atoms with Crippen molar-refractivity contribution in [1.29, 1.82) is 0 Å². The van der Waals surface area contributed by atoms with Gasteiger partial charge in [0.2, 0.25) is 0 Å². The lowest BCUT2D eigenvalue weighted by Crippen LogP contribution is -2.31. The van der Waals surface area contributed by atoms with Gasteiger partial charge < -0.3 is 4.74 Å². The van der Waals surface area contributed by atoms with Crippen LogP contribution in [0.25, 0.3) is 15.9 Å². The lowest BCUT2D eigenvalue weighted by molar-refractivity contribution is -0.0379. The third-order valence-electron chi connectivity index (χ3n) is 4.05. The molecule has 0 radical (unpaired) electrons. The zero-order valence-electron chi connectivity index (χ0n) is 14.0. The second-order valence-electron chi connectivity index (χ2n) is 6.88. The van der Waals surface area contributed by atoms with Crippen molar-refractivity contribution in [3.63, 3.8) is 0 Å². The summed E-state index contributed by atoms with van der Waals surface area (Å²) >= 11 is 3.49. The van der Waals surface area contributed by atoms with Gasteiger partial charge in [-0.2, -0.15) is 0 Å². The fourth-order valence-electron chi connectivity index (χ4n) is 3.03. The Kier molecular flexibility index (Phi) is 3.44. The first-order valence-corrected chi connectivity index (χ1v) is 9.52. The lowest BCUT2D eigenvalue weighted by Gasteiger charge is -2.30. The SMILES string of the molecule is Cc1nnc2c3c4c(sc3nc(SC(C)C)n12)COC(C)(C)C4. The smallest absolute Gasteiger partial charge is 0.176 e. The largest absolute Gasteiger partial charge is 0.370 e. The van der Waals surface area contributed by atoms with E-state index in [0.29, 0.717) is 11.9 Å². The standard InChI is InChI=1S/C16H20N4OS2/c1-8(2)22-15-17-14-12(13-19-18-9(3)20(13)15)10-6-16(4,5)21-7-11(10)23-14/h8H,6-7H2,1-5H3. The van der Waals surface area contributed by atoms with E-state index in [9.17, 15) is 0 Å². The number of thiophene rings is 1. The molecule has 0 unspecified atom stereocenters. The van der Waals surface area contributed by atoms with Crippen LogP contribution in [0.3, 0.4) is 0 Å². The van der Waals surface area contributed by atoms with Crippen LogP contribution in [-0.2, 0) is 17.8 Å². The van der Waals surface area contributed by atoms with Gasteiger partial charge >= 0.3 is 0 Å². The number of rotatable bonds is 2. The van der Waals surface area contributed by atoms with Crippen molar-refractivity contribution in [2.75, 3.05) is 0 Å². The third-order valence-corrected chi connectivity index (χ3v) is 6.10. The van der Waals surface area contributed by atoms with Crippen LogP contribution in [0.1, 0.15) is 44.0 Å². The molecule has 122 valence electrons. The molecule has 23 heavy (non-hydrogen) atoms. The van der Waals surface area contributed by atoms with Gasteiger partial charge in [0.1, 0.15) is 10.7 Å². The first-order chi connectivity index (χ1) is 10.9. The molecule has 4 heterocycles. The Labute approximate surface area is 143 Å². The van der Waals surface area contributed by atoms with Crippen LogP contribution < -0.4 is 0 Å². The second-order valence-corrected chi connectivity index (χ2v) is 9.50. The number of aromatic nitrogens is 4. The molecule has 0 aromatic carbocycles. The molecule has 0 saturated carbocycles. The first-order valence-electron chi connectivity index (χ1n) is 7.82. The van der Waals surface area contributed by atoms with Gasteiger partial charge in [-0.3, -0.25) is 4.40 Å². The van der Waals surface area contributed by atoms with Crippen LogP contribution in [0.5, 0.6) is 0 Å². The quantitative estimate of drug-likeness (QED) is 0.517. The molecule has 0 amide bonds. The maximum Gasteiger partial charge on any atom is 0.176 e. The molecule has 7 heteroatoms. The normalized spacial score (nSPS) is 17.3. The maximum atomic E-state index is 5.97. The molecular weight excluding hydrogens is 328 g/mol. The van der Waals surface area contributed by atoms with Crippen molar-refractivity contribution in [1.82, 2.24) is 19.6 Å². The van der Waals surface area contributed by atoms with E-state index in [-0.39, 0.29) is 5.60 Å². The zero-order chi connectivity index (χ0) is 16.4. The summed E-state index contributed by atoms with van der Waals surface area (Å²) < 4.78 is 8.07. The summed E-state index contributed by atoms with van der Waals surface area (Å²) in [5.41, 5.74) is 2.14. The molecule has 0 fully saturated rings. The summed E-state index contributed by atoms with van der Waals surface area (Å²) in [6, 6.07) is 0. The van der Waals surface area contributed by atoms with Crippen molar-refractivity contribution in [2.24, 2.45) is 0 Å². The van der Waals surface area contributed by atoms with Crippen LogP contribution >= 0.6 is 23.1 Å². The Morgan fingerprint density at radius 2 is 2.09 bits per heavy atom. The summed E-state index contributed by atoms with van der Waals surface area (Å²) in [5, 5.41) is 11.4. The lowest BCUT2D eigenvalue weighted by atomic mass is 9.94. The molecule has 5 nitrogen and oxygen atoms in total. The van der Waals surface area contributed by atoms with Crippen molar-refractivity contribution in [3.05, 3.63) is 16.3 Å². The average molecular weight is 348 g/mol. The minimum Gasteiger partial charge on any atom is -0.370 e.